The molecule has 0 saturated carbocycles. The summed E-state index contributed by atoms with van der Waals surface area (Å²) in [7, 11) is 0. The SMILES string of the molecule is OCC1OC(O)C(Cl)C(O)[C@H]1O. The molecule has 0 spiro atoms. The van der Waals surface area contributed by atoms with Crippen LogP contribution in [-0.2, 0) is 4.74 Å². The molecule has 5 nitrogen and oxygen atoms in total. The Morgan fingerprint density at radius 1 is 1.17 bits per heavy atom. The average molecular weight is 199 g/mol. The van der Waals surface area contributed by atoms with Crippen LogP contribution in [0.3, 0.4) is 0 Å². The van der Waals surface area contributed by atoms with E-state index in [9.17, 15) is 10.2 Å². The first-order valence-corrected chi connectivity index (χ1v) is 3.96. The molecule has 1 aliphatic heterocycles. The Kier molecular flexibility index (Phi) is 3.28. The first-order valence-electron chi connectivity index (χ1n) is 3.52. The number of rotatable bonds is 1. The van der Waals surface area contributed by atoms with Gasteiger partial charge in [-0.15, -0.1) is 11.6 Å². The second-order valence-electron chi connectivity index (χ2n) is 2.67. The minimum atomic E-state index is -1.36. The number of alkyl halides is 1. The molecule has 1 fully saturated rings. The van der Waals surface area contributed by atoms with Crippen LogP contribution >= 0.6 is 11.6 Å². The molecule has 1 heterocycles. The molecule has 0 aromatic rings. The zero-order valence-electron chi connectivity index (χ0n) is 6.17. The van der Waals surface area contributed by atoms with Gasteiger partial charge >= 0.3 is 0 Å². The number of aliphatic hydroxyl groups excluding tert-OH is 4. The van der Waals surface area contributed by atoms with Crippen molar-refractivity contribution in [2.24, 2.45) is 0 Å². The standard InChI is InChI=1S/C6H11ClO5/c7-3-5(10)4(9)2(1-8)12-6(3)11/h2-6,8-11H,1H2/t2?,3?,4-,5?,6?/m0/s1. The molecule has 0 bridgehead atoms. The van der Waals surface area contributed by atoms with Crippen molar-refractivity contribution in [3.63, 3.8) is 0 Å². The lowest BCUT2D eigenvalue weighted by molar-refractivity contribution is -0.236. The monoisotopic (exact) mass is 198 g/mol. The molecule has 0 radical (unpaired) electrons. The van der Waals surface area contributed by atoms with E-state index in [0.29, 0.717) is 0 Å². The summed E-state index contributed by atoms with van der Waals surface area (Å²) in [4.78, 5) is 0. The molecule has 0 amide bonds. The van der Waals surface area contributed by atoms with Crippen LogP contribution in [0.2, 0.25) is 0 Å². The third-order valence-electron chi connectivity index (χ3n) is 1.82. The Morgan fingerprint density at radius 2 is 1.75 bits per heavy atom. The lowest BCUT2D eigenvalue weighted by atomic mass is 10.0. The summed E-state index contributed by atoms with van der Waals surface area (Å²) in [6.07, 6.45) is -4.89. The molecule has 1 rings (SSSR count). The van der Waals surface area contributed by atoms with E-state index in [1.165, 1.54) is 0 Å². The van der Waals surface area contributed by atoms with Crippen LogP contribution in [-0.4, -0.2) is 57.0 Å². The molecular formula is C6H11ClO5. The predicted octanol–water partition coefficient (Wildman–Crippen LogP) is -1.97. The maximum Gasteiger partial charge on any atom is 0.174 e. The fourth-order valence-electron chi connectivity index (χ4n) is 1.06. The summed E-state index contributed by atoms with van der Waals surface area (Å²) in [5, 5.41) is 35.0. The summed E-state index contributed by atoms with van der Waals surface area (Å²) in [6.45, 7) is -0.473. The van der Waals surface area contributed by atoms with Gasteiger partial charge in [-0.1, -0.05) is 0 Å². The maximum absolute atomic E-state index is 9.20. The van der Waals surface area contributed by atoms with E-state index in [4.69, 9.17) is 26.6 Å². The van der Waals surface area contributed by atoms with Crippen LogP contribution in [0.1, 0.15) is 0 Å². The number of hydrogen-bond acceptors (Lipinski definition) is 5. The predicted molar refractivity (Wildman–Crippen MR) is 39.6 cm³/mol. The summed E-state index contributed by atoms with van der Waals surface area (Å²) in [6, 6.07) is 0. The van der Waals surface area contributed by atoms with Crippen molar-refractivity contribution in [1.82, 2.24) is 0 Å². The van der Waals surface area contributed by atoms with Crippen LogP contribution in [0, 0.1) is 0 Å². The second-order valence-corrected chi connectivity index (χ2v) is 3.18. The van der Waals surface area contributed by atoms with Gasteiger partial charge in [0.2, 0.25) is 0 Å². The fourth-order valence-corrected chi connectivity index (χ4v) is 1.27. The molecule has 1 aliphatic rings. The van der Waals surface area contributed by atoms with Crippen LogP contribution in [0.4, 0.5) is 0 Å². The van der Waals surface area contributed by atoms with Crippen LogP contribution in [0.15, 0.2) is 0 Å². The minimum absolute atomic E-state index is 0.473. The van der Waals surface area contributed by atoms with Crippen molar-refractivity contribution < 1.29 is 25.2 Å². The highest BCUT2D eigenvalue weighted by Gasteiger charge is 2.42. The molecule has 6 heteroatoms. The number of ether oxygens (including phenoxy) is 1. The summed E-state index contributed by atoms with van der Waals surface area (Å²) in [5.41, 5.74) is 0. The Hall–Kier alpha value is 0.0900. The molecule has 0 aromatic heterocycles. The van der Waals surface area contributed by atoms with Crippen molar-refractivity contribution in [2.75, 3.05) is 6.61 Å². The van der Waals surface area contributed by atoms with Crippen molar-refractivity contribution >= 4 is 11.6 Å². The molecule has 0 aromatic carbocycles. The van der Waals surface area contributed by atoms with Gasteiger partial charge < -0.3 is 25.2 Å². The normalized spacial score (nSPS) is 49.2. The Bertz CT molecular complexity index is 150. The maximum atomic E-state index is 9.20. The topological polar surface area (TPSA) is 90.2 Å². The fraction of sp³-hybridized carbons (Fsp3) is 1.00. The number of halogens is 1. The van der Waals surface area contributed by atoms with Gasteiger partial charge in [0.1, 0.15) is 23.7 Å². The quantitative estimate of drug-likeness (QED) is 0.367. The van der Waals surface area contributed by atoms with Gasteiger partial charge in [-0.25, -0.2) is 0 Å². The van der Waals surface area contributed by atoms with E-state index in [2.05, 4.69) is 0 Å². The number of hydrogen-bond donors (Lipinski definition) is 4. The molecular weight excluding hydrogens is 188 g/mol. The van der Waals surface area contributed by atoms with E-state index < -0.39 is 36.6 Å². The van der Waals surface area contributed by atoms with Crippen LogP contribution in [0.5, 0.6) is 0 Å². The molecule has 5 atom stereocenters. The molecule has 72 valence electrons. The summed E-state index contributed by atoms with van der Waals surface area (Å²) in [5.74, 6) is 0. The van der Waals surface area contributed by atoms with E-state index in [-0.39, 0.29) is 0 Å². The van der Waals surface area contributed by atoms with Crippen molar-refractivity contribution in [1.29, 1.82) is 0 Å². The molecule has 4 unspecified atom stereocenters. The van der Waals surface area contributed by atoms with Gasteiger partial charge in [0, 0.05) is 0 Å². The molecule has 0 aliphatic carbocycles. The molecule has 4 N–H and O–H groups in total. The smallest absolute Gasteiger partial charge is 0.174 e. The summed E-state index contributed by atoms with van der Waals surface area (Å²) >= 11 is 5.47. The first-order chi connectivity index (χ1) is 5.57. The zero-order valence-corrected chi connectivity index (χ0v) is 6.92. The Labute approximate surface area is 74.2 Å². The first kappa shape index (κ1) is 10.2. The molecule has 1 saturated heterocycles. The van der Waals surface area contributed by atoms with E-state index in [0.717, 1.165) is 0 Å². The highest BCUT2D eigenvalue weighted by atomic mass is 35.5. The van der Waals surface area contributed by atoms with E-state index in [1.54, 1.807) is 0 Å². The van der Waals surface area contributed by atoms with Gasteiger partial charge in [0.05, 0.1) is 6.61 Å². The average Bonchev–Trinajstić information content (AvgIpc) is 2.08. The third-order valence-corrected chi connectivity index (χ3v) is 2.30. The summed E-state index contributed by atoms with van der Waals surface area (Å²) < 4.78 is 4.69. The van der Waals surface area contributed by atoms with Gasteiger partial charge in [0.15, 0.2) is 6.29 Å². The van der Waals surface area contributed by atoms with Crippen molar-refractivity contribution in [2.45, 2.75) is 30.0 Å². The minimum Gasteiger partial charge on any atom is -0.394 e. The highest BCUT2D eigenvalue weighted by Crippen LogP contribution is 2.23. The number of aliphatic hydroxyl groups is 4. The van der Waals surface area contributed by atoms with Crippen molar-refractivity contribution in [3.8, 4) is 0 Å². The van der Waals surface area contributed by atoms with Crippen LogP contribution < -0.4 is 0 Å². The van der Waals surface area contributed by atoms with Gasteiger partial charge in [-0.2, -0.15) is 0 Å². The lowest BCUT2D eigenvalue weighted by Crippen LogP contribution is -2.56. The third kappa shape index (κ3) is 1.71. The van der Waals surface area contributed by atoms with E-state index >= 15 is 0 Å². The lowest BCUT2D eigenvalue weighted by Gasteiger charge is -2.37. The second kappa shape index (κ2) is 3.87. The van der Waals surface area contributed by atoms with Gasteiger partial charge in [-0.05, 0) is 0 Å². The van der Waals surface area contributed by atoms with E-state index in [1.807, 2.05) is 0 Å². The van der Waals surface area contributed by atoms with Gasteiger partial charge in [0.25, 0.3) is 0 Å². The van der Waals surface area contributed by atoms with Gasteiger partial charge in [-0.3, -0.25) is 0 Å². The zero-order chi connectivity index (χ0) is 9.30. The largest absolute Gasteiger partial charge is 0.394 e. The highest BCUT2D eigenvalue weighted by molar-refractivity contribution is 6.21. The molecule has 12 heavy (non-hydrogen) atoms. The Morgan fingerprint density at radius 3 is 2.25 bits per heavy atom. The van der Waals surface area contributed by atoms with Crippen LogP contribution in [0.25, 0.3) is 0 Å². The Balaban J connectivity index is 2.63. The van der Waals surface area contributed by atoms with Crippen molar-refractivity contribution in [3.05, 3.63) is 0 Å².